The number of benzene rings is 1. The van der Waals surface area contributed by atoms with Crippen LogP contribution in [0.5, 0.6) is 0 Å². The van der Waals surface area contributed by atoms with Crippen molar-refractivity contribution < 1.29 is 9.90 Å². The molecule has 0 spiro atoms. The zero-order valence-electron chi connectivity index (χ0n) is 10.7. The number of aromatic carboxylic acids is 1. The molecule has 0 amide bonds. The molecule has 2 aromatic rings. The van der Waals surface area contributed by atoms with Gasteiger partial charge in [-0.15, -0.1) is 0 Å². The number of pyridine rings is 1. The number of anilines is 2. The lowest BCUT2D eigenvalue weighted by atomic mass is 10.1. The maximum atomic E-state index is 11.2. The van der Waals surface area contributed by atoms with Crippen molar-refractivity contribution >= 4 is 29.1 Å². The highest BCUT2D eigenvalue weighted by Crippen LogP contribution is 2.32. The van der Waals surface area contributed by atoms with Crippen molar-refractivity contribution in [3.63, 3.8) is 0 Å². The molecule has 1 heterocycles. The number of nitrogens with zero attached hydrogens (tertiary/aromatic N) is 1. The summed E-state index contributed by atoms with van der Waals surface area (Å²) in [4.78, 5) is 15.5. The second-order valence-electron chi connectivity index (χ2n) is 4.77. The highest BCUT2D eigenvalue weighted by molar-refractivity contribution is 6.30. The smallest absolute Gasteiger partial charge is 0.337 e. The molecule has 1 aromatic heterocycles. The normalized spacial score (nSPS) is 13.1. The Morgan fingerprint density at radius 3 is 2.85 bits per heavy atom. The highest BCUT2D eigenvalue weighted by atomic mass is 35.5. The van der Waals surface area contributed by atoms with Gasteiger partial charge in [0.25, 0.3) is 0 Å². The van der Waals surface area contributed by atoms with Crippen LogP contribution in [0.25, 0.3) is 0 Å². The van der Waals surface area contributed by atoms with E-state index in [1.54, 1.807) is 6.07 Å². The number of rotatable bonds is 3. The number of nitrogens with one attached hydrogen (secondary N) is 1. The van der Waals surface area contributed by atoms with E-state index >= 15 is 0 Å². The molecule has 4 nitrogen and oxygen atoms in total. The van der Waals surface area contributed by atoms with Gasteiger partial charge < -0.3 is 10.4 Å². The molecule has 0 unspecified atom stereocenters. The molecule has 1 aliphatic rings. The second-order valence-corrected chi connectivity index (χ2v) is 5.21. The van der Waals surface area contributed by atoms with Gasteiger partial charge in [0.2, 0.25) is 0 Å². The fourth-order valence-corrected chi connectivity index (χ4v) is 2.77. The van der Waals surface area contributed by atoms with Gasteiger partial charge in [-0.2, -0.15) is 0 Å². The van der Waals surface area contributed by atoms with Gasteiger partial charge in [-0.3, -0.25) is 0 Å². The largest absolute Gasteiger partial charge is 0.478 e. The van der Waals surface area contributed by atoms with E-state index in [0.29, 0.717) is 10.6 Å². The number of hydrogen-bond acceptors (Lipinski definition) is 3. The molecule has 0 atom stereocenters. The quantitative estimate of drug-likeness (QED) is 0.904. The number of carboxylic acid groups (broad SMARTS) is 1. The topological polar surface area (TPSA) is 62.2 Å². The minimum absolute atomic E-state index is 0.314. The van der Waals surface area contributed by atoms with Crippen molar-refractivity contribution in [1.82, 2.24) is 4.98 Å². The Hall–Kier alpha value is -2.07. The Morgan fingerprint density at radius 1 is 1.30 bits per heavy atom. The van der Waals surface area contributed by atoms with Gasteiger partial charge in [-0.05, 0) is 48.6 Å². The van der Waals surface area contributed by atoms with Crippen LogP contribution in [-0.4, -0.2) is 16.1 Å². The number of carbonyl (C=O) groups is 1. The monoisotopic (exact) mass is 288 g/mol. The van der Waals surface area contributed by atoms with E-state index in [2.05, 4.69) is 10.3 Å². The molecule has 0 saturated carbocycles. The minimum atomic E-state index is -0.912. The lowest BCUT2D eigenvalue weighted by molar-refractivity contribution is 0.0695. The molecule has 0 bridgehead atoms. The van der Waals surface area contributed by atoms with Gasteiger partial charge in [-0.1, -0.05) is 17.7 Å². The molecule has 0 aliphatic heterocycles. The van der Waals surface area contributed by atoms with Gasteiger partial charge in [0.15, 0.2) is 0 Å². The van der Waals surface area contributed by atoms with E-state index in [1.165, 1.54) is 6.20 Å². The molecule has 5 heteroatoms. The molecular weight excluding hydrogens is 276 g/mol. The number of fused-ring (bicyclic) bond motifs is 1. The van der Waals surface area contributed by atoms with Crippen molar-refractivity contribution in [3.8, 4) is 0 Å². The Kier molecular flexibility index (Phi) is 3.32. The summed E-state index contributed by atoms with van der Waals surface area (Å²) in [5, 5.41) is 13.1. The molecule has 3 rings (SSSR count). The first-order valence-electron chi connectivity index (χ1n) is 6.42. The summed E-state index contributed by atoms with van der Waals surface area (Å²) in [6, 6.07) is 7.38. The van der Waals surface area contributed by atoms with Crippen LogP contribution in [0.2, 0.25) is 5.02 Å². The first kappa shape index (κ1) is 12.9. The predicted octanol–water partition coefficient (Wildman–Crippen LogP) is 3.67. The van der Waals surface area contributed by atoms with Crippen LogP contribution in [0.1, 0.15) is 27.9 Å². The van der Waals surface area contributed by atoms with Crippen molar-refractivity contribution in [2.24, 2.45) is 0 Å². The van der Waals surface area contributed by atoms with E-state index in [0.717, 1.165) is 41.9 Å². The highest BCUT2D eigenvalue weighted by Gasteiger charge is 2.22. The Morgan fingerprint density at radius 2 is 2.10 bits per heavy atom. The van der Waals surface area contributed by atoms with E-state index in [-0.39, 0.29) is 0 Å². The molecule has 20 heavy (non-hydrogen) atoms. The average Bonchev–Trinajstić information content (AvgIpc) is 2.88. The van der Waals surface area contributed by atoms with Crippen LogP contribution in [-0.2, 0) is 12.8 Å². The first-order valence-corrected chi connectivity index (χ1v) is 6.79. The van der Waals surface area contributed by atoms with Gasteiger partial charge in [0, 0.05) is 16.9 Å². The van der Waals surface area contributed by atoms with Crippen molar-refractivity contribution in [2.45, 2.75) is 19.3 Å². The SMILES string of the molecule is O=C(O)c1cnc(Nc2cccc(Cl)c2)c2c1CCC2. The molecular formula is C15H13ClN2O2. The summed E-state index contributed by atoms with van der Waals surface area (Å²) in [6.45, 7) is 0. The lowest BCUT2D eigenvalue weighted by Gasteiger charge is -2.12. The Bertz CT molecular complexity index is 686. The zero-order chi connectivity index (χ0) is 14.1. The molecule has 0 fully saturated rings. The van der Waals surface area contributed by atoms with Gasteiger partial charge >= 0.3 is 5.97 Å². The first-order chi connectivity index (χ1) is 9.65. The molecule has 2 N–H and O–H groups in total. The van der Waals surface area contributed by atoms with E-state index < -0.39 is 5.97 Å². The summed E-state index contributed by atoms with van der Waals surface area (Å²) in [7, 11) is 0. The van der Waals surface area contributed by atoms with Gasteiger partial charge in [0.1, 0.15) is 5.82 Å². The van der Waals surface area contributed by atoms with Crippen LogP contribution in [0.4, 0.5) is 11.5 Å². The van der Waals surface area contributed by atoms with Crippen LogP contribution >= 0.6 is 11.6 Å². The van der Waals surface area contributed by atoms with Crippen molar-refractivity contribution in [2.75, 3.05) is 5.32 Å². The van der Waals surface area contributed by atoms with Crippen LogP contribution < -0.4 is 5.32 Å². The van der Waals surface area contributed by atoms with Gasteiger partial charge in [-0.25, -0.2) is 9.78 Å². The summed E-state index contributed by atoms with van der Waals surface area (Å²) in [5.41, 5.74) is 3.07. The molecule has 0 saturated heterocycles. The summed E-state index contributed by atoms with van der Waals surface area (Å²) in [6.07, 6.45) is 4.04. The lowest BCUT2D eigenvalue weighted by Crippen LogP contribution is -2.06. The van der Waals surface area contributed by atoms with Crippen LogP contribution in [0.15, 0.2) is 30.5 Å². The maximum Gasteiger partial charge on any atom is 0.337 e. The maximum absolute atomic E-state index is 11.2. The second kappa shape index (κ2) is 5.13. The number of hydrogen-bond donors (Lipinski definition) is 2. The Labute approximate surface area is 121 Å². The number of halogens is 1. The van der Waals surface area contributed by atoms with Crippen LogP contribution in [0, 0.1) is 0 Å². The molecule has 102 valence electrons. The average molecular weight is 289 g/mol. The molecule has 0 radical (unpaired) electrons. The van der Waals surface area contributed by atoms with E-state index in [1.807, 2.05) is 18.2 Å². The summed E-state index contributed by atoms with van der Waals surface area (Å²) >= 11 is 5.96. The van der Waals surface area contributed by atoms with Crippen LogP contribution in [0.3, 0.4) is 0 Å². The van der Waals surface area contributed by atoms with Crippen molar-refractivity contribution in [1.29, 1.82) is 0 Å². The number of carboxylic acids is 1. The van der Waals surface area contributed by atoms with E-state index in [9.17, 15) is 9.90 Å². The summed E-state index contributed by atoms with van der Waals surface area (Å²) < 4.78 is 0. The third-order valence-electron chi connectivity index (χ3n) is 3.47. The third-order valence-corrected chi connectivity index (χ3v) is 3.70. The van der Waals surface area contributed by atoms with E-state index in [4.69, 9.17) is 11.6 Å². The van der Waals surface area contributed by atoms with Gasteiger partial charge in [0.05, 0.1) is 5.56 Å². The predicted molar refractivity (Wildman–Crippen MR) is 78.0 cm³/mol. The fraction of sp³-hybridized carbons (Fsp3) is 0.200. The molecule has 1 aromatic carbocycles. The minimum Gasteiger partial charge on any atom is -0.478 e. The molecule has 1 aliphatic carbocycles. The Balaban J connectivity index is 1.99. The fourth-order valence-electron chi connectivity index (χ4n) is 2.58. The standard InChI is InChI=1S/C15H13ClN2O2/c16-9-3-1-4-10(7-9)18-14-12-6-2-5-11(12)13(8-17-14)15(19)20/h1,3-4,7-8H,2,5-6H2,(H,17,18)(H,19,20). The summed E-state index contributed by atoms with van der Waals surface area (Å²) in [5.74, 6) is -0.185. The zero-order valence-corrected chi connectivity index (χ0v) is 11.4. The third kappa shape index (κ3) is 2.34. The van der Waals surface area contributed by atoms with Crippen molar-refractivity contribution in [3.05, 3.63) is 52.2 Å². The number of aromatic nitrogens is 1.